The number of Topliss-reactive ketones (excluding diaryl/α,β-unsaturated/α-hetero) is 1. The van der Waals surface area contributed by atoms with E-state index in [2.05, 4.69) is 0 Å². The Bertz CT molecular complexity index is 784. The largest absolute Gasteiger partial charge is 0.502 e. The molecule has 2 aromatic rings. The summed E-state index contributed by atoms with van der Waals surface area (Å²) in [6.07, 6.45) is 1.18. The topological polar surface area (TPSA) is 91.7 Å². The van der Waals surface area contributed by atoms with Gasteiger partial charge in [-0.1, -0.05) is 24.3 Å². The van der Waals surface area contributed by atoms with Gasteiger partial charge in [0.05, 0.1) is 4.88 Å². The van der Waals surface area contributed by atoms with Crippen molar-refractivity contribution in [2.24, 2.45) is 0 Å². The number of thiophene rings is 1. The van der Waals surface area contributed by atoms with Crippen LogP contribution in [0.25, 0.3) is 0 Å². The molecule has 2 rings (SSSR count). The van der Waals surface area contributed by atoms with Crippen LogP contribution >= 0.6 is 11.3 Å². The minimum atomic E-state index is -1.55. The standard InChI is InChI=1S/C17H14O5S/c1-10(18)12-4-2-11(3-5-12)8-13-6-7-23-16(13)14(19)9-15(20)17(21)22/h2-7,9,20H,8H2,1H3,(H,21,22)/b15-9-. The van der Waals surface area contributed by atoms with Gasteiger partial charge in [-0.3, -0.25) is 9.59 Å². The van der Waals surface area contributed by atoms with E-state index in [0.717, 1.165) is 11.1 Å². The van der Waals surface area contributed by atoms with E-state index in [-0.39, 0.29) is 5.78 Å². The van der Waals surface area contributed by atoms with Gasteiger partial charge in [-0.15, -0.1) is 11.3 Å². The maximum atomic E-state index is 12.0. The van der Waals surface area contributed by atoms with Gasteiger partial charge in [-0.25, -0.2) is 4.79 Å². The zero-order valence-corrected chi connectivity index (χ0v) is 13.1. The molecule has 5 nitrogen and oxygen atoms in total. The first-order valence-corrected chi connectivity index (χ1v) is 7.61. The fourth-order valence-electron chi connectivity index (χ4n) is 2.02. The van der Waals surface area contributed by atoms with Crippen molar-refractivity contribution < 1.29 is 24.6 Å². The summed E-state index contributed by atoms with van der Waals surface area (Å²) in [5.74, 6) is -3.09. The molecule has 0 bridgehead atoms. The van der Waals surface area contributed by atoms with Crippen molar-refractivity contribution in [3.05, 3.63) is 69.1 Å². The van der Waals surface area contributed by atoms with Crippen molar-refractivity contribution >= 4 is 28.9 Å². The third-order valence-corrected chi connectivity index (χ3v) is 4.18. The van der Waals surface area contributed by atoms with Crippen molar-refractivity contribution in [3.8, 4) is 0 Å². The highest BCUT2D eigenvalue weighted by Gasteiger charge is 2.15. The summed E-state index contributed by atoms with van der Waals surface area (Å²) in [5, 5.41) is 19.5. The molecule has 1 aromatic heterocycles. The van der Waals surface area contributed by atoms with Gasteiger partial charge in [0.15, 0.2) is 11.6 Å². The molecule has 0 fully saturated rings. The number of ketones is 2. The van der Waals surface area contributed by atoms with Crippen LogP contribution in [0.1, 0.15) is 38.1 Å². The van der Waals surface area contributed by atoms with E-state index in [1.54, 1.807) is 23.6 Å². The van der Waals surface area contributed by atoms with Gasteiger partial charge in [0.25, 0.3) is 0 Å². The SMILES string of the molecule is CC(=O)c1ccc(Cc2ccsc2C(=O)/C=C(\O)C(=O)O)cc1. The lowest BCUT2D eigenvalue weighted by atomic mass is 10.0. The summed E-state index contributed by atoms with van der Waals surface area (Å²) in [6, 6.07) is 8.85. The zero-order valence-electron chi connectivity index (χ0n) is 12.3. The predicted molar refractivity (Wildman–Crippen MR) is 86.2 cm³/mol. The third-order valence-electron chi connectivity index (χ3n) is 3.21. The second-order valence-corrected chi connectivity index (χ2v) is 5.82. The van der Waals surface area contributed by atoms with Crippen LogP contribution in [0.4, 0.5) is 0 Å². The van der Waals surface area contributed by atoms with Crippen LogP contribution < -0.4 is 0 Å². The average Bonchev–Trinajstić information content (AvgIpc) is 2.95. The van der Waals surface area contributed by atoms with Crippen LogP contribution in [-0.2, 0) is 11.2 Å². The molecule has 23 heavy (non-hydrogen) atoms. The number of aliphatic hydroxyl groups excluding tert-OH is 1. The van der Waals surface area contributed by atoms with Crippen molar-refractivity contribution in [2.75, 3.05) is 0 Å². The molecular formula is C17H14O5S. The van der Waals surface area contributed by atoms with Gasteiger partial charge in [-0.2, -0.15) is 0 Å². The fraction of sp³-hybridized carbons (Fsp3) is 0.118. The Labute approximate surface area is 136 Å². The number of aliphatic hydroxyl groups is 1. The van der Waals surface area contributed by atoms with E-state index in [9.17, 15) is 19.5 Å². The van der Waals surface area contributed by atoms with E-state index in [0.29, 0.717) is 22.9 Å². The lowest BCUT2D eigenvalue weighted by Gasteiger charge is -2.03. The lowest BCUT2D eigenvalue weighted by Crippen LogP contribution is -2.04. The average molecular weight is 330 g/mol. The first-order chi connectivity index (χ1) is 10.9. The Hall–Kier alpha value is -2.73. The van der Waals surface area contributed by atoms with E-state index in [1.807, 2.05) is 12.1 Å². The predicted octanol–water partition coefficient (Wildman–Crippen LogP) is 3.25. The molecule has 0 saturated carbocycles. The van der Waals surface area contributed by atoms with Crippen LogP contribution in [0.2, 0.25) is 0 Å². The number of carboxylic acid groups (broad SMARTS) is 1. The Kier molecular flexibility index (Phi) is 5.08. The van der Waals surface area contributed by atoms with Gasteiger partial charge in [-0.05, 0) is 35.9 Å². The molecule has 0 aliphatic heterocycles. The molecule has 0 amide bonds. The molecule has 0 spiro atoms. The van der Waals surface area contributed by atoms with Gasteiger partial charge in [0, 0.05) is 11.6 Å². The van der Waals surface area contributed by atoms with Gasteiger partial charge in [0.2, 0.25) is 5.76 Å². The Morgan fingerprint density at radius 1 is 1.09 bits per heavy atom. The monoisotopic (exact) mass is 330 g/mol. The second kappa shape index (κ2) is 7.02. The molecular weight excluding hydrogens is 316 g/mol. The van der Waals surface area contributed by atoms with Crippen LogP contribution in [0.5, 0.6) is 0 Å². The van der Waals surface area contributed by atoms with Gasteiger partial charge < -0.3 is 10.2 Å². The summed E-state index contributed by atoms with van der Waals surface area (Å²) < 4.78 is 0. The zero-order chi connectivity index (χ0) is 17.0. The number of allylic oxidation sites excluding steroid dienone is 1. The summed E-state index contributed by atoms with van der Waals surface area (Å²) in [4.78, 5) is 34.3. The highest BCUT2D eigenvalue weighted by atomic mass is 32.1. The minimum absolute atomic E-state index is 0.0165. The number of carboxylic acids is 1. The van der Waals surface area contributed by atoms with E-state index < -0.39 is 17.5 Å². The van der Waals surface area contributed by atoms with Crippen molar-refractivity contribution in [1.82, 2.24) is 0 Å². The molecule has 2 N–H and O–H groups in total. The first kappa shape index (κ1) is 16.6. The highest BCUT2D eigenvalue weighted by molar-refractivity contribution is 7.12. The van der Waals surface area contributed by atoms with E-state index >= 15 is 0 Å². The molecule has 0 aliphatic rings. The van der Waals surface area contributed by atoms with Crippen LogP contribution in [-0.4, -0.2) is 27.7 Å². The molecule has 0 aliphatic carbocycles. The summed E-state index contributed by atoms with van der Waals surface area (Å²) in [6.45, 7) is 1.49. The number of carbonyl (C=O) groups excluding carboxylic acids is 2. The smallest absolute Gasteiger partial charge is 0.371 e. The Balaban J connectivity index is 2.21. The quantitative estimate of drug-likeness (QED) is 0.482. The molecule has 1 aromatic carbocycles. The number of hydrogen-bond acceptors (Lipinski definition) is 5. The molecule has 6 heteroatoms. The van der Waals surface area contributed by atoms with E-state index in [4.69, 9.17) is 5.11 Å². The third kappa shape index (κ3) is 4.14. The summed E-state index contributed by atoms with van der Waals surface area (Å²) >= 11 is 1.19. The maximum Gasteiger partial charge on any atom is 0.371 e. The molecule has 118 valence electrons. The minimum Gasteiger partial charge on any atom is -0.502 e. The Morgan fingerprint density at radius 2 is 1.74 bits per heavy atom. The number of aliphatic carboxylic acids is 1. The number of hydrogen-bond donors (Lipinski definition) is 2. The normalized spacial score (nSPS) is 11.3. The number of rotatable bonds is 6. The maximum absolute atomic E-state index is 12.0. The van der Waals surface area contributed by atoms with E-state index in [1.165, 1.54) is 18.3 Å². The van der Waals surface area contributed by atoms with Crippen LogP contribution in [0, 0.1) is 0 Å². The molecule has 1 heterocycles. The first-order valence-electron chi connectivity index (χ1n) is 6.73. The second-order valence-electron chi connectivity index (χ2n) is 4.90. The highest BCUT2D eigenvalue weighted by Crippen LogP contribution is 2.22. The van der Waals surface area contributed by atoms with Crippen molar-refractivity contribution in [3.63, 3.8) is 0 Å². The fourth-order valence-corrected chi connectivity index (χ4v) is 2.85. The molecule has 0 unspecified atom stereocenters. The number of benzene rings is 1. The lowest BCUT2D eigenvalue weighted by molar-refractivity contribution is -0.135. The van der Waals surface area contributed by atoms with Crippen molar-refractivity contribution in [2.45, 2.75) is 13.3 Å². The molecule has 0 saturated heterocycles. The number of carbonyl (C=O) groups is 3. The van der Waals surface area contributed by atoms with Crippen LogP contribution in [0.3, 0.4) is 0 Å². The summed E-state index contributed by atoms with van der Waals surface area (Å²) in [7, 11) is 0. The van der Waals surface area contributed by atoms with Crippen LogP contribution in [0.15, 0.2) is 47.5 Å². The molecule has 0 radical (unpaired) electrons. The van der Waals surface area contributed by atoms with Crippen molar-refractivity contribution in [1.29, 1.82) is 0 Å². The van der Waals surface area contributed by atoms with Gasteiger partial charge >= 0.3 is 5.97 Å². The Morgan fingerprint density at radius 3 is 2.30 bits per heavy atom. The van der Waals surface area contributed by atoms with Gasteiger partial charge in [0.1, 0.15) is 0 Å². The summed E-state index contributed by atoms with van der Waals surface area (Å²) in [5.41, 5.74) is 2.28. The molecule has 0 atom stereocenters.